The zero-order valence-corrected chi connectivity index (χ0v) is 12.3. The molecule has 2 aromatic rings. The highest BCUT2D eigenvalue weighted by molar-refractivity contribution is 7.14. The number of carbonyl (C=O) groups is 3. The number of amides is 2. The zero-order valence-electron chi connectivity index (χ0n) is 11.5. The highest BCUT2D eigenvalue weighted by Gasteiger charge is 2.15. The van der Waals surface area contributed by atoms with Crippen LogP contribution in [0, 0.1) is 0 Å². The molecular formula is C15H13N2O4S-. The number of carboxylic acids is 1. The van der Waals surface area contributed by atoms with Crippen LogP contribution in [-0.4, -0.2) is 17.8 Å². The van der Waals surface area contributed by atoms with Crippen molar-refractivity contribution in [1.29, 1.82) is 0 Å². The fourth-order valence-corrected chi connectivity index (χ4v) is 2.51. The number of aliphatic carboxylic acids is 1. The molecule has 1 heterocycles. The molecule has 1 aromatic heterocycles. The second-order valence-electron chi connectivity index (χ2n) is 4.40. The van der Waals surface area contributed by atoms with Crippen LogP contribution in [0.15, 0.2) is 41.8 Å². The largest absolute Gasteiger partial charge is 0.550 e. The van der Waals surface area contributed by atoms with Crippen LogP contribution in [0.3, 0.4) is 0 Å². The number of carbonyl (C=O) groups excluding carboxylic acids is 3. The molecule has 0 bridgehead atoms. The molecule has 0 aliphatic rings. The Balaban J connectivity index is 2.01. The lowest BCUT2D eigenvalue weighted by Gasteiger charge is -2.08. The van der Waals surface area contributed by atoms with Crippen molar-refractivity contribution in [2.75, 3.05) is 10.6 Å². The quantitative estimate of drug-likeness (QED) is 0.843. The van der Waals surface area contributed by atoms with Crippen molar-refractivity contribution in [2.45, 2.75) is 12.8 Å². The summed E-state index contributed by atoms with van der Waals surface area (Å²) in [5, 5.41) is 17.7. The highest BCUT2D eigenvalue weighted by Crippen LogP contribution is 2.24. The summed E-state index contributed by atoms with van der Waals surface area (Å²) in [5.41, 5.74) is 0.976. The minimum absolute atomic E-state index is 0.194. The Labute approximate surface area is 130 Å². The molecule has 2 rings (SSSR count). The second kappa shape index (κ2) is 7.37. The van der Waals surface area contributed by atoms with Crippen LogP contribution in [-0.2, 0) is 9.59 Å². The predicted molar refractivity (Wildman–Crippen MR) is 81.6 cm³/mol. The van der Waals surface area contributed by atoms with Gasteiger partial charge in [0.25, 0.3) is 5.91 Å². The van der Waals surface area contributed by atoms with Gasteiger partial charge in [-0.05, 0) is 30.0 Å². The van der Waals surface area contributed by atoms with Gasteiger partial charge in [0.1, 0.15) is 5.00 Å². The van der Waals surface area contributed by atoms with Crippen molar-refractivity contribution in [3.8, 4) is 0 Å². The van der Waals surface area contributed by atoms with Crippen molar-refractivity contribution in [3.63, 3.8) is 0 Å². The maximum absolute atomic E-state index is 12.2. The van der Waals surface area contributed by atoms with Crippen LogP contribution in [0.25, 0.3) is 0 Å². The van der Waals surface area contributed by atoms with E-state index in [1.807, 2.05) is 6.07 Å². The summed E-state index contributed by atoms with van der Waals surface area (Å²) < 4.78 is 0. The maximum atomic E-state index is 12.2. The molecule has 0 aliphatic carbocycles. The van der Waals surface area contributed by atoms with Crippen LogP contribution in [0.2, 0.25) is 0 Å². The fraction of sp³-hybridized carbons (Fsp3) is 0.133. The summed E-state index contributed by atoms with van der Waals surface area (Å²) in [6, 6.07) is 10.5. The molecule has 7 heteroatoms. The van der Waals surface area contributed by atoms with Gasteiger partial charge in [-0.1, -0.05) is 18.2 Å². The van der Waals surface area contributed by atoms with Gasteiger partial charge in [0.2, 0.25) is 5.91 Å². The lowest BCUT2D eigenvalue weighted by atomic mass is 10.2. The monoisotopic (exact) mass is 317 g/mol. The molecule has 114 valence electrons. The van der Waals surface area contributed by atoms with E-state index in [4.69, 9.17) is 0 Å². The van der Waals surface area contributed by atoms with Crippen molar-refractivity contribution < 1.29 is 19.5 Å². The van der Waals surface area contributed by atoms with Crippen LogP contribution >= 0.6 is 11.3 Å². The minimum atomic E-state index is -1.29. The summed E-state index contributed by atoms with van der Waals surface area (Å²) in [6.07, 6.45) is -0.553. The number of benzene rings is 1. The van der Waals surface area contributed by atoms with Gasteiger partial charge in [-0.25, -0.2) is 0 Å². The van der Waals surface area contributed by atoms with Crippen LogP contribution in [0.4, 0.5) is 10.7 Å². The van der Waals surface area contributed by atoms with E-state index in [1.165, 1.54) is 11.3 Å². The van der Waals surface area contributed by atoms with Crippen LogP contribution in [0.1, 0.15) is 23.2 Å². The zero-order chi connectivity index (χ0) is 15.9. The summed E-state index contributed by atoms with van der Waals surface area (Å²) in [6.45, 7) is 0. The van der Waals surface area contributed by atoms with Gasteiger partial charge in [0, 0.05) is 18.1 Å². The summed E-state index contributed by atoms with van der Waals surface area (Å²) in [5.74, 6) is -2.11. The number of rotatable bonds is 6. The van der Waals surface area contributed by atoms with Gasteiger partial charge in [-0.2, -0.15) is 0 Å². The van der Waals surface area contributed by atoms with Crippen molar-refractivity contribution in [1.82, 2.24) is 0 Å². The first kappa shape index (κ1) is 15.7. The molecule has 0 fully saturated rings. The molecule has 0 radical (unpaired) electrons. The van der Waals surface area contributed by atoms with Gasteiger partial charge >= 0.3 is 0 Å². The number of hydrogen-bond donors (Lipinski definition) is 2. The second-order valence-corrected chi connectivity index (χ2v) is 5.32. The Bertz CT molecular complexity index is 682. The molecule has 0 saturated carbocycles. The summed E-state index contributed by atoms with van der Waals surface area (Å²) >= 11 is 1.20. The van der Waals surface area contributed by atoms with E-state index in [1.54, 1.807) is 35.7 Å². The Morgan fingerprint density at radius 3 is 2.41 bits per heavy atom. The van der Waals surface area contributed by atoms with Gasteiger partial charge in [0.15, 0.2) is 0 Å². The number of hydrogen-bond acceptors (Lipinski definition) is 5. The van der Waals surface area contributed by atoms with Gasteiger partial charge in [-0.3, -0.25) is 9.59 Å². The van der Waals surface area contributed by atoms with E-state index >= 15 is 0 Å². The summed E-state index contributed by atoms with van der Waals surface area (Å²) in [4.78, 5) is 34.1. The van der Waals surface area contributed by atoms with Crippen molar-refractivity contribution in [3.05, 3.63) is 47.3 Å². The van der Waals surface area contributed by atoms with E-state index in [0.717, 1.165) is 0 Å². The minimum Gasteiger partial charge on any atom is -0.550 e. The molecule has 22 heavy (non-hydrogen) atoms. The van der Waals surface area contributed by atoms with Crippen molar-refractivity contribution >= 4 is 39.8 Å². The maximum Gasteiger partial charge on any atom is 0.258 e. The van der Waals surface area contributed by atoms with Crippen LogP contribution < -0.4 is 15.7 Å². The van der Waals surface area contributed by atoms with Gasteiger partial charge in [0.05, 0.1) is 5.56 Å². The fourth-order valence-electron chi connectivity index (χ4n) is 1.71. The number of para-hydroxylation sites is 1. The first-order valence-electron chi connectivity index (χ1n) is 6.50. The third-order valence-corrected chi connectivity index (χ3v) is 3.58. The molecule has 6 nitrogen and oxygen atoms in total. The number of nitrogens with one attached hydrogen (secondary N) is 2. The SMILES string of the molecule is O=C([O-])CCC(=O)Nc1sccc1C(=O)Nc1ccccc1. The third kappa shape index (κ3) is 4.42. The van der Waals surface area contributed by atoms with E-state index in [-0.39, 0.29) is 18.7 Å². The first-order valence-corrected chi connectivity index (χ1v) is 7.38. The van der Waals surface area contributed by atoms with Gasteiger partial charge < -0.3 is 20.5 Å². The molecule has 0 atom stereocenters. The standard InChI is InChI=1S/C15H14N2O4S/c18-12(6-7-13(19)20)17-15-11(8-9-22-15)14(21)16-10-4-2-1-3-5-10/h1-5,8-9H,6-7H2,(H,16,21)(H,17,18)(H,19,20)/p-1. The molecule has 2 N–H and O–H groups in total. The summed E-state index contributed by atoms with van der Waals surface area (Å²) in [7, 11) is 0. The predicted octanol–water partition coefficient (Wildman–Crippen LogP) is 1.47. The topological polar surface area (TPSA) is 98.3 Å². The Morgan fingerprint density at radius 2 is 1.73 bits per heavy atom. The lowest BCUT2D eigenvalue weighted by molar-refractivity contribution is -0.305. The number of anilines is 2. The average Bonchev–Trinajstić information content (AvgIpc) is 2.94. The van der Waals surface area contributed by atoms with E-state index in [0.29, 0.717) is 16.3 Å². The highest BCUT2D eigenvalue weighted by atomic mass is 32.1. The molecule has 0 spiro atoms. The Hall–Kier alpha value is -2.67. The first-order chi connectivity index (χ1) is 10.6. The molecular weight excluding hydrogens is 304 g/mol. The van der Waals surface area contributed by atoms with Gasteiger partial charge in [-0.15, -0.1) is 11.3 Å². The van der Waals surface area contributed by atoms with E-state index in [2.05, 4.69) is 10.6 Å². The molecule has 2 amide bonds. The Kier molecular flexibility index (Phi) is 5.26. The normalized spacial score (nSPS) is 10.0. The molecule has 0 aliphatic heterocycles. The van der Waals surface area contributed by atoms with Crippen molar-refractivity contribution in [2.24, 2.45) is 0 Å². The number of thiophene rings is 1. The molecule has 0 unspecified atom stereocenters. The molecule has 0 saturated heterocycles. The van der Waals surface area contributed by atoms with E-state index in [9.17, 15) is 19.5 Å². The lowest BCUT2D eigenvalue weighted by Crippen LogP contribution is -2.24. The Morgan fingerprint density at radius 1 is 1.00 bits per heavy atom. The van der Waals surface area contributed by atoms with Crippen LogP contribution in [0.5, 0.6) is 0 Å². The number of carboxylic acid groups (broad SMARTS) is 1. The smallest absolute Gasteiger partial charge is 0.258 e. The average molecular weight is 317 g/mol. The van der Waals surface area contributed by atoms with E-state index < -0.39 is 11.9 Å². The molecule has 1 aromatic carbocycles. The third-order valence-electron chi connectivity index (χ3n) is 2.75.